The third kappa shape index (κ3) is 2.56. The summed E-state index contributed by atoms with van der Waals surface area (Å²) in [5.74, 6) is 0.645. The SMILES string of the molecule is CC1CCC(CN)(C(O)c2cc(Br)c(Cl)s2)C1. The third-order valence-corrected chi connectivity index (χ3v) is 6.34. The van der Waals surface area contributed by atoms with Gasteiger partial charge in [0.2, 0.25) is 0 Å². The number of thiophene rings is 1. The van der Waals surface area contributed by atoms with E-state index < -0.39 is 6.10 Å². The summed E-state index contributed by atoms with van der Waals surface area (Å²) in [6.07, 6.45) is 2.65. The van der Waals surface area contributed by atoms with Crippen LogP contribution in [0, 0.1) is 11.3 Å². The highest BCUT2D eigenvalue weighted by Gasteiger charge is 2.43. The quantitative estimate of drug-likeness (QED) is 0.876. The van der Waals surface area contributed by atoms with Crippen LogP contribution in [-0.4, -0.2) is 11.7 Å². The average molecular weight is 339 g/mol. The molecule has 0 saturated heterocycles. The molecule has 96 valence electrons. The molecule has 1 heterocycles. The lowest BCUT2D eigenvalue weighted by Crippen LogP contribution is -2.34. The molecule has 5 heteroatoms. The summed E-state index contributed by atoms with van der Waals surface area (Å²) in [5, 5.41) is 10.6. The van der Waals surface area contributed by atoms with Crippen molar-refractivity contribution in [3.63, 3.8) is 0 Å². The van der Waals surface area contributed by atoms with Crippen molar-refractivity contribution in [3.8, 4) is 0 Å². The van der Waals surface area contributed by atoms with E-state index in [1.807, 2.05) is 6.07 Å². The molecule has 17 heavy (non-hydrogen) atoms. The molecule has 3 unspecified atom stereocenters. The van der Waals surface area contributed by atoms with Crippen molar-refractivity contribution >= 4 is 38.9 Å². The van der Waals surface area contributed by atoms with Crippen LogP contribution in [-0.2, 0) is 0 Å². The average Bonchev–Trinajstić information content (AvgIpc) is 2.84. The zero-order valence-corrected chi connectivity index (χ0v) is 12.9. The van der Waals surface area contributed by atoms with Crippen LogP contribution in [0.15, 0.2) is 10.5 Å². The first-order chi connectivity index (χ1) is 7.98. The third-order valence-electron chi connectivity index (χ3n) is 3.81. The highest BCUT2D eigenvalue weighted by molar-refractivity contribution is 9.10. The van der Waals surface area contributed by atoms with Crippen molar-refractivity contribution in [1.29, 1.82) is 0 Å². The molecule has 0 aromatic carbocycles. The first-order valence-electron chi connectivity index (χ1n) is 5.81. The number of aliphatic hydroxyl groups excluding tert-OH is 1. The van der Waals surface area contributed by atoms with Gasteiger partial charge in [0.05, 0.1) is 6.10 Å². The fraction of sp³-hybridized carbons (Fsp3) is 0.667. The lowest BCUT2D eigenvalue weighted by atomic mass is 9.79. The minimum absolute atomic E-state index is 0.160. The highest BCUT2D eigenvalue weighted by Crippen LogP contribution is 2.51. The van der Waals surface area contributed by atoms with Gasteiger partial charge in [-0.3, -0.25) is 0 Å². The van der Waals surface area contributed by atoms with Crippen molar-refractivity contribution in [2.45, 2.75) is 32.3 Å². The van der Waals surface area contributed by atoms with Crippen LogP contribution in [0.1, 0.15) is 37.2 Å². The second-order valence-electron chi connectivity index (χ2n) is 5.09. The predicted octanol–water partition coefficient (Wildman–Crippen LogP) is 3.96. The lowest BCUT2D eigenvalue weighted by molar-refractivity contribution is 0.0336. The minimum atomic E-state index is -0.494. The van der Waals surface area contributed by atoms with Crippen LogP contribution in [0.5, 0.6) is 0 Å². The molecule has 0 amide bonds. The molecule has 2 rings (SSSR count). The maximum absolute atomic E-state index is 10.6. The monoisotopic (exact) mass is 337 g/mol. The Balaban J connectivity index is 2.26. The summed E-state index contributed by atoms with van der Waals surface area (Å²) < 4.78 is 1.55. The smallest absolute Gasteiger partial charge is 0.107 e. The maximum atomic E-state index is 10.6. The zero-order chi connectivity index (χ0) is 12.6. The van der Waals surface area contributed by atoms with E-state index in [4.69, 9.17) is 17.3 Å². The molecule has 0 radical (unpaired) electrons. The molecule has 1 aliphatic carbocycles. The van der Waals surface area contributed by atoms with Crippen molar-refractivity contribution in [1.82, 2.24) is 0 Å². The topological polar surface area (TPSA) is 46.2 Å². The van der Waals surface area contributed by atoms with E-state index in [2.05, 4.69) is 22.9 Å². The van der Waals surface area contributed by atoms with E-state index in [9.17, 15) is 5.11 Å². The molecule has 3 atom stereocenters. The van der Waals surface area contributed by atoms with Gasteiger partial charge in [-0.05, 0) is 40.8 Å². The summed E-state index contributed by atoms with van der Waals surface area (Å²) in [6.45, 7) is 2.76. The van der Waals surface area contributed by atoms with Gasteiger partial charge in [0.25, 0.3) is 0 Å². The molecule has 2 nitrogen and oxygen atoms in total. The molecular formula is C12H17BrClNOS. The molecule has 1 aliphatic rings. The van der Waals surface area contributed by atoms with Crippen LogP contribution in [0.4, 0.5) is 0 Å². The van der Waals surface area contributed by atoms with Crippen LogP contribution < -0.4 is 5.73 Å². The van der Waals surface area contributed by atoms with Gasteiger partial charge in [0, 0.05) is 21.3 Å². The van der Waals surface area contributed by atoms with Gasteiger partial charge in [-0.25, -0.2) is 0 Å². The van der Waals surface area contributed by atoms with Crippen molar-refractivity contribution in [2.75, 3.05) is 6.54 Å². The summed E-state index contributed by atoms with van der Waals surface area (Å²) in [5.41, 5.74) is 5.75. The summed E-state index contributed by atoms with van der Waals surface area (Å²) >= 11 is 10.8. The Bertz CT molecular complexity index is 392. The Hall–Kier alpha value is 0.390. The summed E-state index contributed by atoms with van der Waals surface area (Å²) in [6, 6.07) is 1.91. The first kappa shape index (κ1) is 13.8. The second-order valence-corrected chi connectivity index (χ2v) is 7.63. The molecule has 1 aromatic rings. The number of rotatable bonds is 3. The van der Waals surface area contributed by atoms with Gasteiger partial charge < -0.3 is 10.8 Å². The van der Waals surface area contributed by atoms with Gasteiger partial charge in [-0.15, -0.1) is 11.3 Å². The fourth-order valence-corrected chi connectivity index (χ4v) is 4.64. The van der Waals surface area contributed by atoms with Crippen LogP contribution in [0.2, 0.25) is 4.34 Å². The molecule has 0 aliphatic heterocycles. The molecule has 0 bridgehead atoms. The van der Waals surface area contributed by atoms with Crippen LogP contribution >= 0.6 is 38.9 Å². The van der Waals surface area contributed by atoms with E-state index in [0.717, 1.165) is 28.6 Å². The van der Waals surface area contributed by atoms with Gasteiger partial charge >= 0.3 is 0 Å². The van der Waals surface area contributed by atoms with Gasteiger partial charge in [-0.1, -0.05) is 24.9 Å². The maximum Gasteiger partial charge on any atom is 0.107 e. The molecule has 3 N–H and O–H groups in total. The van der Waals surface area contributed by atoms with Crippen LogP contribution in [0.25, 0.3) is 0 Å². The minimum Gasteiger partial charge on any atom is -0.387 e. The van der Waals surface area contributed by atoms with Crippen molar-refractivity contribution < 1.29 is 5.11 Å². The Morgan fingerprint density at radius 1 is 1.76 bits per heavy atom. The Morgan fingerprint density at radius 3 is 2.88 bits per heavy atom. The Labute approximate surface area is 119 Å². The fourth-order valence-electron chi connectivity index (χ4n) is 2.78. The molecule has 1 fully saturated rings. The zero-order valence-electron chi connectivity index (χ0n) is 9.75. The van der Waals surface area contributed by atoms with E-state index in [-0.39, 0.29) is 5.41 Å². The van der Waals surface area contributed by atoms with E-state index >= 15 is 0 Å². The van der Waals surface area contributed by atoms with E-state index in [1.165, 1.54) is 11.3 Å². The van der Waals surface area contributed by atoms with Gasteiger partial charge in [-0.2, -0.15) is 0 Å². The van der Waals surface area contributed by atoms with E-state index in [1.54, 1.807) is 0 Å². The highest BCUT2D eigenvalue weighted by atomic mass is 79.9. The number of halogens is 2. The second kappa shape index (κ2) is 5.17. The molecule has 0 spiro atoms. The standard InChI is InChI=1S/C12H17BrClNOS/c1-7-2-3-12(5-7,6-15)10(16)9-4-8(13)11(14)17-9/h4,7,10,16H,2-3,5-6,15H2,1H3. The Kier molecular flexibility index (Phi) is 4.20. The largest absolute Gasteiger partial charge is 0.387 e. The number of hydrogen-bond acceptors (Lipinski definition) is 3. The van der Waals surface area contributed by atoms with Gasteiger partial charge in [0.15, 0.2) is 0 Å². The van der Waals surface area contributed by atoms with Gasteiger partial charge in [0.1, 0.15) is 4.34 Å². The first-order valence-corrected chi connectivity index (χ1v) is 7.80. The van der Waals surface area contributed by atoms with Crippen molar-refractivity contribution in [2.24, 2.45) is 17.1 Å². The molecule has 1 saturated carbocycles. The number of aliphatic hydroxyl groups is 1. The predicted molar refractivity (Wildman–Crippen MR) is 76.5 cm³/mol. The molecular weight excluding hydrogens is 322 g/mol. The number of hydrogen-bond donors (Lipinski definition) is 2. The summed E-state index contributed by atoms with van der Waals surface area (Å²) in [4.78, 5) is 0.918. The van der Waals surface area contributed by atoms with E-state index in [0.29, 0.717) is 16.8 Å². The van der Waals surface area contributed by atoms with Crippen LogP contribution in [0.3, 0.4) is 0 Å². The molecule has 1 aromatic heterocycles. The number of nitrogens with two attached hydrogens (primary N) is 1. The Morgan fingerprint density at radius 2 is 2.47 bits per heavy atom. The van der Waals surface area contributed by atoms with Crippen molar-refractivity contribution in [3.05, 3.63) is 19.8 Å². The normalized spacial score (nSPS) is 30.8. The lowest BCUT2D eigenvalue weighted by Gasteiger charge is -2.32. The summed E-state index contributed by atoms with van der Waals surface area (Å²) in [7, 11) is 0.